The highest BCUT2D eigenvalue weighted by molar-refractivity contribution is 7.80. The van der Waals surface area contributed by atoms with Gasteiger partial charge in [0.1, 0.15) is 0 Å². The lowest BCUT2D eigenvalue weighted by Gasteiger charge is -2.11. The second-order valence-corrected chi connectivity index (χ2v) is 5.47. The molecule has 1 amide bonds. The normalized spacial score (nSPS) is 19.5. The molecule has 1 aliphatic heterocycles. The molecule has 1 fully saturated rings. The first-order valence-electron chi connectivity index (χ1n) is 5.67. The third-order valence-electron chi connectivity index (χ3n) is 2.83. The lowest BCUT2D eigenvalue weighted by Crippen LogP contribution is -2.24. The summed E-state index contributed by atoms with van der Waals surface area (Å²) in [6.07, 6.45) is 0.994. The van der Waals surface area contributed by atoms with Gasteiger partial charge in [0.05, 0.1) is 12.1 Å². The number of anilines is 1. The fourth-order valence-electron chi connectivity index (χ4n) is 1.86. The molecule has 5 nitrogen and oxygen atoms in total. The first-order valence-corrected chi connectivity index (χ1v) is 7.18. The SMILES string of the molecule is O=C(O)CCc1csc(N2CC(CS)CC2=O)n1. The third kappa shape index (κ3) is 3.02. The number of amides is 1. The van der Waals surface area contributed by atoms with Crippen LogP contribution in [0.3, 0.4) is 0 Å². The Morgan fingerprint density at radius 3 is 3.06 bits per heavy atom. The Hall–Kier alpha value is -1.08. The highest BCUT2D eigenvalue weighted by atomic mass is 32.1. The second-order valence-electron chi connectivity index (χ2n) is 4.27. The van der Waals surface area contributed by atoms with Crippen molar-refractivity contribution in [1.82, 2.24) is 4.98 Å². The Morgan fingerprint density at radius 1 is 1.67 bits per heavy atom. The molecule has 0 radical (unpaired) electrons. The van der Waals surface area contributed by atoms with Crippen molar-refractivity contribution in [2.45, 2.75) is 19.3 Å². The maximum Gasteiger partial charge on any atom is 0.303 e. The van der Waals surface area contributed by atoms with Crippen molar-refractivity contribution in [2.75, 3.05) is 17.2 Å². The van der Waals surface area contributed by atoms with Crippen LogP contribution in [0.1, 0.15) is 18.5 Å². The fourth-order valence-corrected chi connectivity index (χ4v) is 2.99. The van der Waals surface area contributed by atoms with E-state index in [9.17, 15) is 9.59 Å². The lowest BCUT2D eigenvalue weighted by molar-refractivity contribution is -0.137. The summed E-state index contributed by atoms with van der Waals surface area (Å²) in [7, 11) is 0. The Balaban J connectivity index is 2.01. The zero-order valence-corrected chi connectivity index (χ0v) is 11.4. The Bertz CT molecular complexity index is 461. The van der Waals surface area contributed by atoms with E-state index in [1.807, 2.05) is 5.38 Å². The molecule has 1 atom stereocenters. The summed E-state index contributed by atoms with van der Waals surface area (Å²) in [4.78, 5) is 28.3. The fraction of sp³-hybridized carbons (Fsp3) is 0.545. The number of carbonyl (C=O) groups excluding carboxylic acids is 1. The van der Waals surface area contributed by atoms with Crippen LogP contribution >= 0.6 is 24.0 Å². The van der Waals surface area contributed by atoms with Crippen LogP contribution in [0.5, 0.6) is 0 Å². The number of aryl methyl sites for hydroxylation is 1. The first kappa shape index (κ1) is 13.4. The Kier molecular flexibility index (Phi) is 4.23. The summed E-state index contributed by atoms with van der Waals surface area (Å²) in [5, 5.41) is 11.1. The van der Waals surface area contributed by atoms with Gasteiger partial charge in [-0.05, 0) is 11.7 Å². The van der Waals surface area contributed by atoms with E-state index in [-0.39, 0.29) is 18.2 Å². The van der Waals surface area contributed by atoms with E-state index in [2.05, 4.69) is 17.6 Å². The molecule has 1 saturated heterocycles. The average molecular weight is 286 g/mol. The number of rotatable bonds is 5. The number of thiol groups is 1. The third-order valence-corrected chi connectivity index (χ3v) is 4.26. The first-order chi connectivity index (χ1) is 8.60. The van der Waals surface area contributed by atoms with Crippen LogP contribution in [0.25, 0.3) is 0 Å². The molecule has 0 aromatic carbocycles. The average Bonchev–Trinajstić information content (AvgIpc) is 2.92. The lowest BCUT2D eigenvalue weighted by atomic mass is 10.1. The number of carbonyl (C=O) groups is 2. The quantitative estimate of drug-likeness (QED) is 0.804. The highest BCUT2D eigenvalue weighted by Gasteiger charge is 2.31. The van der Waals surface area contributed by atoms with Crippen LogP contribution in [-0.4, -0.2) is 34.3 Å². The number of nitrogens with zero attached hydrogens (tertiary/aromatic N) is 2. The predicted octanol–water partition coefficient (Wildman–Crippen LogP) is 1.44. The Labute approximate surface area is 114 Å². The van der Waals surface area contributed by atoms with E-state index >= 15 is 0 Å². The van der Waals surface area contributed by atoms with Gasteiger partial charge < -0.3 is 5.11 Å². The molecule has 1 aliphatic rings. The van der Waals surface area contributed by atoms with Crippen molar-refractivity contribution in [3.05, 3.63) is 11.1 Å². The molecular weight excluding hydrogens is 272 g/mol. The molecule has 2 heterocycles. The topological polar surface area (TPSA) is 70.5 Å². The molecule has 1 unspecified atom stereocenters. The summed E-state index contributed by atoms with van der Waals surface area (Å²) >= 11 is 5.60. The molecule has 0 saturated carbocycles. The molecular formula is C11H14N2O3S2. The van der Waals surface area contributed by atoms with Crippen LogP contribution in [0, 0.1) is 5.92 Å². The van der Waals surface area contributed by atoms with E-state index in [1.54, 1.807) is 4.90 Å². The molecule has 1 aromatic rings. The number of hydrogen-bond donors (Lipinski definition) is 2. The van der Waals surface area contributed by atoms with E-state index in [1.165, 1.54) is 11.3 Å². The second kappa shape index (κ2) is 5.71. The van der Waals surface area contributed by atoms with Gasteiger partial charge in [-0.3, -0.25) is 14.5 Å². The number of thiazole rings is 1. The molecule has 98 valence electrons. The van der Waals surface area contributed by atoms with Gasteiger partial charge in [0.2, 0.25) is 5.91 Å². The van der Waals surface area contributed by atoms with Crippen molar-refractivity contribution in [2.24, 2.45) is 5.92 Å². The van der Waals surface area contributed by atoms with Crippen LogP contribution in [0.4, 0.5) is 5.13 Å². The van der Waals surface area contributed by atoms with Gasteiger partial charge in [-0.1, -0.05) is 0 Å². The van der Waals surface area contributed by atoms with E-state index < -0.39 is 5.97 Å². The molecule has 2 rings (SSSR count). The van der Waals surface area contributed by atoms with Crippen molar-refractivity contribution in [3.8, 4) is 0 Å². The minimum Gasteiger partial charge on any atom is -0.481 e. The zero-order chi connectivity index (χ0) is 13.1. The van der Waals surface area contributed by atoms with E-state index in [4.69, 9.17) is 5.11 Å². The van der Waals surface area contributed by atoms with Gasteiger partial charge in [0, 0.05) is 24.8 Å². The van der Waals surface area contributed by atoms with E-state index in [0.29, 0.717) is 30.3 Å². The zero-order valence-electron chi connectivity index (χ0n) is 9.70. The molecule has 0 spiro atoms. The minimum absolute atomic E-state index is 0.0659. The Morgan fingerprint density at radius 2 is 2.44 bits per heavy atom. The van der Waals surface area contributed by atoms with Gasteiger partial charge in [0.25, 0.3) is 0 Å². The van der Waals surface area contributed by atoms with Crippen LogP contribution in [-0.2, 0) is 16.0 Å². The van der Waals surface area contributed by atoms with Crippen molar-refractivity contribution in [1.29, 1.82) is 0 Å². The van der Waals surface area contributed by atoms with Gasteiger partial charge in [0.15, 0.2) is 5.13 Å². The van der Waals surface area contributed by atoms with Gasteiger partial charge >= 0.3 is 5.97 Å². The number of carboxylic acid groups (broad SMARTS) is 1. The summed E-state index contributed by atoms with van der Waals surface area (Å²) < 4.78 is 0. The smallest absolute Gasteiger partial charge is 0.303 e. The largest absolute Gasteiger partial charge is 0.481 e. The maximum absolute atomic E-state index is 11.8. The molecule has 0 aliphatic carbocycles. The standard InChI is InChI=1S/C11H14N2O3S2/c14-9-3-7(5-17)4-13(9)11-12-8(6-18-11)1-2-10(15)16/h6-7,17H,1-5H2,(H,15,16). The van der Waals surface area contributed by atoms with Crippen LogP contribution < -0.4 is 4.90 Å². The van der Waals surface area contributed by atoms with Crippen molar-refractivity contribution >= 4 is 41.0 Å². The molecule has 18 heavy (non-hydrogen) atoms. The summed E-state index contributed by atoms with van der Waals surface area (Å²) in [6.45, 7) is 0.661. The monoisotopic (exact) mass is 286 g/mol. The molecule has 1 N–H and O–H groups in total. The van der Waals surface area contributed by atoms with Crippen LogP contribution in [0.2, 0.25) is 0 Å². The number of hydrogen-bond acceptors (Lipinski definition) is 5. The van der Waals surface area contributed by atoms with E-state index in [0.717, 1.165) is 5.69 Å². The number of carboxylic acids is 1. The van der Waals surface area contributed by atoms with Crippen molar-refractivity contribution < 1.29 is 14.7 Å². The summed E-state index contributed by atoms with van der Waals surface area (Å²) in [5.74, 6) is 0.219. The highest BCUT2D eigenvalue weighted by Crippen LogP contribution is 2.28. The molecule has 0 bridgehead atoms. The predicted molar refractivity (Wildman–Crippen MR) is 72.4 cm³/mol. The maximum atomic E-state index is 11.8. The van der Waals surface area contributed by atoms with Gasteiger partial charge in [-0.2, -0.15) is 12.6 Å². The van der Waals surface area contributed by atoms with Gasteiger partial charge in [-0.25, -0.2) is 4.98 Å². The summed E-state index contributed by atoms with van der Waals surface area (Å²) in [5.41, 5.74) is 0.736. The van der Waals surface area contributed by atoms with Crippen molar-refractivity contribution in [3.63, 3.8) is 0 Å². The number of aromatic nitrogens is 1. The van der Waals surface area contributed by atoms with Crippen LogP contribution in [0.15, 0.2) is 5.38 Å². The minimum atomic E-state index is -0.836. The number of aliphatic carboxylic acids is 1. The summed E-state index contributed by atoms with van der Waals surface area (Å²) in [6, 6.07) is 0. The van der Waals surface area contributed by atoms with Gasteiger partial charge in [-0.15, -0.1) is 11.3 Å². The molecule has 7 heteroatoms. The molecule has 1 aromatic heterocycles.